The minimum absolute atomic E-state index is 0.0514. The van der Waals surface area contributed by atoms with Crippen molar-refractivity contribution in [3.8, 4) is 0 Å². The molecule has 0 saturated carbocycles. The van der Waals surface area contributed by atoms with Crippen LogP contribution in [0.2, 0.25) is 0 Å². The van der Waals surface area contributed by atoms with Crippen LogP contribution in [-0.4, -0.2) is 58.9 Å². The molecule has 0 bridgehead atoms. The number of carboxylic acid groups (broad SMARTS) is 1. The zero-order valence-electron chi connectivity index (χ0n) is 19.0. The molecule has 0 spiro atoms. The second-order valence-corrected chi connectivity index (χ2v) is 7.98. The van der Waals surface area contributed by atoms with E-state index in [9.17, 15) is 29.1 Å². The molecule has 11 heteroatoms. The van der Waals surface area contributed by atoms with Gasteiger partial charge in [-0.05, 0) is 18.4 Å². The Labute approximate surface area is 192 Å². The Balaban J connectivity index is 3.14. The van der Waals surface area contributed by atoms with Crippen molar-refractivity contribution in [1.82, 2.24) is 16.0 Å². The first-order valence-electron chi connectivity index (χ1n) is 10.7. The molecule has 0 aliphatic rings. The first kappa shape index (κ1) is 27.6. The lowest BCUT2D eigenvalue weighted by Gasteiger charge is -2.27. The molecule has 1 rings (SSSR count). The number of carbonyl (C=O) groups excluding carboxylic acids is 4. The Hall–Kier alpha value is -3.47. The number of rotatable bonds is 13. The van der Waals surface area contributed by atoms with Gasteiger partial charge in [0.15, 0.2) is 0 Å². The summed E-state index contributed by atoms with van der Waals surface area (Å²) in [5.74, 6) is -4.55. The molecule has 0 fully saturated rings. The first-order chi connectivity index (χ1) is 15.5. The number of carbonyl (C=O) groups is 5. The van der Waals surface area contributed by atoms with Crippen LogP contribution in [0.5, 0.6) is 0 Å². The summed E-state index contributed by atoms with van der Waals surface area (Å²) in [7, 11) is 0. The monoisotopic (exact) mass is 463 g/mol. The second kappa shape index (κ2) is 13.2. The van der Waals surface area contributed by atoms with Crippen LogP contribution in [0, 0.1) is 5.92 Å². The number of primary amides is 1. The van der Waals surface area contributed by atoms with E-state index in [1.165, 1.54) is 6.92 Å². The zero-order chi connectivity index (χ0) is 25.1. The molecule has 182 valence electrons. The maximum Gasteiger partial charge on any atom is 0.326 e. The predicted molar refractivity (Wildman–Crippen MR) is 120 cm³/mol. The highest BCUT2D eigenvalue weighted by molar-refractivity contribution is 5.95. The molecule has 0 radical (unpaired) electrons. The standard InChI is InChI=1S/C22H33N5O6/c1-4-12(2)18(27-19(29)13(3)23)21(31)25-15(10-14-8-6-5-7-9-14)20(30)26-16(22(32)33)11-17(24)28/h5-9,12-13,15-16,18H,4,10-11,23H2,1-3H3,(H2,24,28)(H,25,31)(H,26,30)(H,27,29)(H,32,33). The van der Waals surface area contributed by atoms with Crippen LogP contribution < -0.4 is 27.4 Å². The van der Waals surface area contributed by atoms with Crippen molar-refractivity contribution in [3.63, 3.8) is 0 Å². The van der Waals surface area contributed by atoms with Gasteiger partial charge in [0.2, 0.25) is 23.6 Å². The van der Waals surface area contributed by atoms with Crippen LogP contribution in [0.25, 0.3) is 0 Å². The number of hydrogen-bond donors (Lipinski definition) is 6. The summed E-state index contributed by atoms with van der Waals surface area (Å²) in [6.45, 7) is 5.10. The van der Waals surface area contributed by atoms with Gasteiger partial charge in [-0.2, -0.15) is 0 Å². The van der Waals surface area contributed by atoms with Crippen molar-refractivity contribution >= 4 is 29.6 Å². The molecule has 33 heavy (non-hydrogen) atoms. The Morgan fingerprint density at radius 2 is 1.48 bits per heavy atom. The van der Waals surface area contributed by atoms with Gasteiger partial charge in [-0.15, -0.1) is 0 Å². The third-order valence-electron chi connectivity index (χ3n) is 5.14. The Bertz CT molecular complexity index is 845. The molecule has 1 aromatic carbocycles. The van der Waals surface area contributed by atoms with E-state index in [0.29, 0.717) is 12.0 Å². The summed E-state index contributed by atoms with van der Waals surface area (Å²) in [4.78, 5) is 60.7. The minimum Gasteiger partial charge on any atom is -0.480 e. The lowest BCUT2D eigenvalue weighted by atomic mass is 9.96. The van der Waals surface area contributed by atoms with Gasteiger partial charge in [0, 0.05) is 6.42 Å². The molecule has 5 unspecified atom stereocenters. The van der Waals surface area contributed by atoms with Crippen molar-refractivity contribution in [2.75, 3.05) is 0 Å². The Kier molecular flexibility index (Phi) is 11.0. The smallest absolute Gasteiger partial charge is 0.326 e. The summed E-state index contributed by atoms with van der Waals surface area (Å²) in [6.07, 6.45) is 0.00930. The number of nitrogens with two attached hydrogens (primary N) is 2. The molecule has 5 atom stereocenters. The average Bonchev–Trinajstić information content (AvgIpc) is 2.75. The highest BCUT2D eigenvalue weighted by Gasteiger charge is 2.32. The predicted octanol–water partition coefficient (Wildman–Crippen LogP) is -0.963. The molecule has 1 aromatic rings. The summed E-state index contributed by atoms with van der Waals surface area (Å²) in [5, 5.41) is 16.8. The largest absolute Gasteiger partial charge is 0.480 e. The third-order valence-corrected chi connectivity index (χ3v) is 5.14. The number of aliphatic carboxylic acids is 1. The SMILES string of the molecule is CCC(C)C(NC(=O)C(C)N)C(=O)NC(Cc1ccccc1)C(=O)NC(CC(N)=O)C(=O)O. The fourth-order valence-electron chi connectivity index (χ4n) is 2.98. The maximum atomic E-state index is 13.1. The maximum absolute atomic E-state index is 13.1. The minimum atomic E-state index is -1.55. The average molecular weight is 464 g/mol. The summed E-state index contributed by atoms with van der Waals surface area (Å²) < 4.78 is 0. The molecule has 11 nitrogen and oxygen atoms in total. The number of benzene rings is 1. The number of nitrogens with one attached hydrogen (secondary N) is 3. The topological polar surface area (TPSA) is 194 Å². The number of amides is 4. The van der Waals surface area contributed by atoms with Crippen molar-refractivity contribution < 1.29 is 29.1 Å². The van der Waals surface area contributed by atoms with Crippen molar-refractivity contribution in [2.24, 2.45) is 17.4 Å². The normalized spacial score (nSPS) is 15.3. The third kappa shape index (κ3) is 9.27. The van der Waals surface area contributed by atoms with E-state index in [1.54, 1.807) is 37.3 Å². The van der Waals surface area contributed by atoms with Crippen LogP contribution in [0.3, 0.4) is 0 Å². The molecule has 0 aliphatic heterocycles. The Morgan fingerprint density at radius 3 is 1.97 bits per heavy atom. The van der Waals surface area contributed by atoms with Gasteiger partial charge in [-0.1, -0.05) is 50.6 Å². The van der Waals surface area contributed by atoms with E-state index in [4.69, 9.17) is 11.5 Å². The molecule has 0 aliphatic carbocycles. The van der Waals surface area contributed by atoms with E-state index >= 15 is 0 Å². The van der Waals surface area contributed by atoms with E-state index in [1.807, 2.05) is 6.92 Å². The summed E-state index contributed by atoms with van der Waals surface area (Å²) >= 11 is 0. The van der Waals surface area contributed by atoms with Gasteiger partial charge < -0.3 is 32.5 Å². The highest BCUT2D eigenvalue weighted by atomic mass is 16.4. The van der Waals surface area contributed by atoms with Gasteiger partial charge in [0.25, 0.3) is 0 Å². The van der Waals surface area contributed by atoms with Crippen LogP contribution in [0.4, 0.5) is 0 Å². The highest BCUT2D eigenvalue weighted by Crippen LogP contribution is 2.10. The zero-order valence-corrected chi connectivity index (χ0v) is 19.0. The van der Waals surface area contributed by atoms with Crippen molar-refractivity contribution in [3.05, 3.63) is 35.9 Å². The quantitative estimate of drug-likeness (QED) is 0.217. The van der Waals surface area contributed by atoms with Crippen LogP contribution in [-0.2, 0) is 30.4 Å². The fourth-order valence-corrected chi connectivity index (χ4v) is 2.98. The molecule has 4 amide bonds. The van der Waals surface area contributed by atoms with Crippen LogP contribution >= 0.6 is 0 Å². The first-order valence-corrected chi connectivity index (χ1v) is 10.7. The fraction of sp³-hybridized carbons (Fsp3) is 0.500. The molecular formula is C22H33N5O6. The molecule has 0 aromatic heterocycles. The summed E-state index contributed by atoms with van der Waals surface area (Å²) in [6, 6.07) is 4.27. The second-order valence-electron chi connectivity index (χ2n) is 7.98. The molecular weight excluding hydrogens is 430 g/mol. The number of hydrogen-bond acceptors (Lipinski definition) is 6. The van der Waals surface area contributed by atoms with Crippen LogP contribution in [0.1, 0.15) is 39.2 Å². The van der Waals surface area contributed by atoms with Crippen LogP contribution in [0.15, 0.2) is 30.3 Å². The molecule has 0 heterocycles. The van der Waals surface area contributed by atoms with E-state index in [2.05, 4.69) is 16.0 Å². The van der Waals surface area contributed by atoms with E-state index < -0.39 is 60.2 Å². The van der Waals surface area contributed by atoms with Gasteiger partial charge in [-0.3, -0.25) is 19.2 Å². The molecule has 0 saturated heterocycles. The lowest BCUT2D eigenvalue weighted by molar-refractivity contribution is -0.143. The number of carboxylic acids is 1. The van der Waals surface area contributed by atoms with E-state index in [-0.39, 0.29) is 12.3 Å². The Morgan fingerprint density at radius 1 is 0.909 bits per heavy atom. The van der Waals surface area contributed by atoms with Gasteiger partial charge >= 0.3 is 5.97 Å². The van der Waals surface area contributed by atoms with Crippen molar-refractivity contribution in [2.45, 2.75) is 64.2 Å². The van der Waals surface area contributed by atoms with Gasteiger partial charge in [-0.25, -0.2) is 4.79 Å². The lowest BCUT2D eigenvalue weighted by Crippen LogP contribution is -2.59. The van der Waals surface area contributed by atoms with E-state index in [0.717, 1.165) is 0 Å². The summed E-state index contributed by atoms with van der Waals surface area (Å²) in [5.41, 5.74) is 11.4. The van der Waals surface area contributed by atoms with Gasteiger partial charge in [0.05, 0.1) is 12.5 Å². The molecule has 8 N–H and O–H groups in total. The van der Waals surface area contributed by atoms with Crippen molar-refractivity contribution in [1.29, 1.82) is 0 Å². The van der Waals surface area contributed by atoms with Gasteiger partial charge in [0.1, 0.15) is 18.1 Å².